The van der Waals surface area contributed by atoms with Crippen LogP contribution in [0.1, 0.15) is 24.0 Å². The van der Waals surface area contributed by atoms with Crippen LogP contribution in [0.15, 0.2) is 18.2 Å². The molecule has 1 atom stereocenters. The Hall–Kier alpha value is -1.55. The van der Waals surface area contributed by atoms with Crippen molar-refractivity contribution in [3.8, 4) is 5.75 Å². The summed E-state index contributed by atoms with van der Waals surface area (Å²) in [6, 6.07) is 6.70. The number of carbonyl (C=O) groups excluding carboxylic acids is 1. The number of methoxy groups -OCH3 is 1. The third-order valence-corrected chi connectivity index (χ3v) is 3.45. The van der Waals surface area contributed by atoms with Crippen LogP contribution in [0.3, 0.4) is 0 Å². The molecule has 1 aliphatic rings. The molecule has 4 nitrogen and oxygen atoms in total. The second-order valence-corrected chi connectivity index (χ2v) is 4.74. The van der Waals surface area contributed by atoms with Crippen LogP contribution in [0, 0.1) is 0 Å². The van der Waals surface area contributed by atoms with E-state index in [-0.39, 0.29) is 5.91 Å². The summed E-state index contributed by atoms with van der Waals surface area (Å²) < 4.78 is 5.25. The third kappa shape index (κ3) is 3.23. The predicted molar refractivity (Wildman–Crippen MR) is 70.6 cm³/mol. The number of benzene rings is 1. The molecule has 0 aliphatic heterocycles. The normalized spacial score (nSPS) is 18.2. The van der Waals surface area contributed by atoms with E-state index in [1.54, 1.807) is 7.11 Å². The summed E-state index contributed by atoms with van der Waals surface area (Å²) in [5, 5.41) is 3.39. The number of nitrogens with two attached hydrogens (primary N) is 1. The SMILES string of the molecule is COc1ccc2c(c1)CC(NCCC(N)=O)CC2. The molecule has 1 amide bonds. The highest BCUT2D eigenvalue weighted by molar-refractivity contribution is 5.73. The predicted octanol–water partition coefficient (Wildman–Crippen LogP) is 1.02. The van der Waals surface area contributed by atoms with E-state index in [0.29, 0.717) is 19.0 Å². The first kappa shape index (κ1) is 12.9. The number of nitrogens with one attached hydrogen (secondary N) is 1. The van der Waals surface area contributed by atoms with Crippen molar-refractivity contribution in [1.82, 2.24) is 5.32 Å². The summed E-state index contributed by atoms with van der Waals surface area (Å²) in [5.74, 6) is 0.659. The van der Waals surface area contributed by atoms with Gasteiger partial charge in [-0.3, -0.25) is 4.79 Å². The highest BCUT2D eigenvalue weighted by Gasteiger charge is 2.18. The Morgan fingerprint density at radius 1 is 1.50 bits per heavy atom. The van der Waals surface area contributed by atoms with Crippen LogP contribution in [0.5, 0.6) is 5.75 Å². The topological polar surface area (TPSA) is 64.3 Å². The molecule has 2 rings (SSSR count). The Labute approximate surface area is 108 Å². The second-order valence-electron chi connectivity index (χ2n) is 4.74. The lowest BCUT2D eigenvalue weighted by Gasteiger charge is -2.25. The molecule has 4 heteroatoms. The fourth-order valence-electron chi connectivity index (χ4n) is 2.43. The van der Waals surface area contributed by atoms with Gasteiger partial charge in [0.25, 0.3) is 0 Å². The molecule has 98 valence electrons. The number of amides is 1. The van der Waals surface area contributed by atoms with Gasteiger partial charge in [0.15, 0.2) is 0 Å². The van der Waals surface area contributed by atoms with Crippen LogP contribution in [0.2, 0.25) is 0 Å². The zero-order valence-electron chi connectivity index (χ0n) is 10.7. The highest BCUT2D eigenvalue weighted by Crippen LogP contribution is 2.25. The molecule has 1 aromatic carbocycles. The molecular weight excluding hydrogens is 228 g/mol. The van der Waals surface area contributed by atoms with E-state index in [9.17, 15) is 4.79 Å². The molecule has 0 fully saturated rings. The number of rotatable bonds is 5. The molecule has 0 radical (unpaired) electrons. The smallest absolute Gasteiger partial charge is 0.218 e. The maximum Gasteiger partial charge on any atom is 0.218 e. The standard InChI is InChI=1S/C14H20N2O2/c1-18-13-5-3-10-2-4-12(8-11(10)9-13)16-7-6-14(15)17/h3,5,9,12,16H,2,4,6-8H2,1H3,(H2,15,17). The molecule has 0 spiro atoms. The first-order valence-corrected chi connectivity index (χ1v) is 6.36. The van der Waals surface area contributed by atoms with Crippen molar-refractivity contribution >= 4 is 5.91 Å². The van der Waals surface area contributed by atoms with Crippen LogP contribution in [0.25, 0.3) is 0 Å². The maximum absolute atomic E-state index is 10.7. The van der Waals surface area contributed by atoms with Gasteiger partial charge in [0.05, 0.1) is 7.11 Å². The molecule has 1 aliphatic carbocycles. The number of aryl methyl sites for hydroxylation is 1. The fourth-order valence-corrected chi connectivity index (χ4v) is 2.43. The summed E-state index contributed by atoms with van der Waals surface area (Å²) >= 11 is 0. The average molecular weight is 248 g/mol. The third-order valence-electron chi connectivity index (χ3n) is 3.45. The van der Waals surface area contributed by atoms with Crippen molar-refractivity contribution in [2.24, 2.45) is 5.73 Å². The Kier molecular flexibility index (Phi) is 4.20. The summed E-state index contributed by atoms with van der Waals surface area (Å²) in [5.41, 5.74) is 7.88. The van der Waals surface area contributed by atoms with Gasteiger partial charge in [0.2, 0.25) is 5.91 Å². The highest BCUT2D eigenvalue weighted by atomic mass is 16.5. The van der Waals surface area contributed by atoms with Gasteiger partial charge in [-0.2, -0.15) is 0 Å². The summed E-state index contributed by atoms with van der Waals surface area (Å²) in [4.78, 5) is 10.7. The minimum absolute atomic E-state index is 0.250. The number of primary amides is 1. The van der Waals surface area contributed by atoms with E-state index in [1.165, 1.54) is 11.1 Å². The first-order valence-electron chi connectivity index (χ1n) is 6.36. The minimum atomic E-state index is -0.250. The van der Waals surface area contributed by atoms with Crippen LogP contribution >= 0.6 is 0 Å². The summed E-state index contributed by atoms with van der Waals surface area (Å²) in [6.07, 6.45) is 3.58. The Morgan fingerprint density at radius 3 is 3.06 bits per heavy atom. The number of ether oxygens (including phenoxy) is 1. The number of hydrogen-bond acceptors (Lipinski definition) is 3. The molecule has 0 saturated carbocycles. The number of carbonyl (C=O) groups is 1. The van der Waals surface area contributed by atoms with E-state index in [0.717, 1.165) is 25.0 Å². The fraction of sp³-hybridized carbons (Fsp3) is 0.500. The van der Waals surface area contributed by atoms with Crippen LogP contribution in [-0.2, 0) is 17.6 Å². The van der Waals surface area contributed by atoms with Gasteiger partial charge in [-0.05, 0) is 42.5 Å². The van der Waals surface area contributed by atoms with Crippen molar-refractivity contribution in [3.63, 3.8) is 0 Å². The Morgan fingerprint density at radius 2 is 2.33 bits per heavy atom. The van der Waals surface area contributed by atoms with Crippen molar-refractivity contribution in [3.05, 3.63) is 29.3 Å². The van der Waals surface area contributed by atoms with Gasteiger partial charge in [-0.15, -0.1) is 0 Å². The zero-order valence-corrected chi connectivity index (χ0v) is 10.7. The van der Waals surface area contributed by atoms with Crippen molar-refractivity contribution in [2.45, 2.75) is 31.7 Å². The van der Waals surface area contributed by atoms with Gasteiger partial charge >= 0.3 is 0 Å². The monoisotopic (exact) mass is 248 g/mol. The molecule has 0 saturated heterocycles. The summed E-state index contributed by atoms with van der Waals surface area (Å²) in [7, 11) is 1.69. The van der Waals surface area contributed by atoms with Crippen molar-refractivity contribution in [2.75, 3.05) is 13.7 Å². The molecule has 3 N–H and O–H groups in total. The molecule has 0 aromatic heterocycles. The van der Waals surface area contributed by atoms with Gasteiger partial charge < -0.3 is 15.8 Å². The van der Waals surface area contributed by atoms with Gasteiger partial charge in [-0.1, -0.05) is 6.07 Å². The lowest BCUT2D eigenvalue weighted by Crippen LogP contribution is -2.36. The Bertz CT molecular complexity index is 432. The molecule has 1 aromatic rings. The molecule has 18 heavy (non-hydrogen) atoms. The van der Waals surface area contributed by atoms with Crippen molar-refractivity contribution < 1.29 is 9.53 Å². The van der Waals surface area contributed by atoms with E-state index >= 15 is 0 Å². The molecular formula is C14H20N2O2. The summed E-state index contributed by atoms with van der Waals surface area (Å²) in [6.45, 7) is 0.666. The van der Waals surface area contributed by atoms with E-state index < -0.39 is 0 Å². The van der Waals surface area contributed by atoms with Crippen molar-refractivity contribution in [1.29, 1.82) is 0 Å². The van der Waals surface area contributed by atoms with E-state index in [1.807, 2.05) is 6.07 Å². The first-order chi connectivity index (χ1) is 8.69. The second kappa shape index (κ2) is 5.87. The van der Waals surface area contributed by atoms with E-state index in [4.69, 9.17) is 10.5 Å². The lowest BCUT2D eigenvalue weighted by atomic mass is 9.88. The van der Waals surface area contributed by atoms with E-state index in [2.05, 4.69) is 17.4 Å². The minimum Gasteiger partial charge on any atom is -0.497 e. The van der Waals surface area contributed by atoms with Crippen LogP contribution in [-0.4, -0.2) is 25.6 Å². The maximum atomic E-state index is 10.7. The van der Waals surface area contributed by atoms with Crippen LogP contribution in [0.4, 0.5) is 0 Å². The zero-order chi connectivity index (χ0) is 13.0. The molecule has 0 heterocycles. The van der Waals surface area contributed by atoms with Gasteiger partial charge in [-0.25, -0.2) is 0 Å². The van der Waals surface area contributed by atoms with Gasteiger partial charge in [0.1, 0.15) is 5.75 Å². The average Bonchev–Trinajstić information content (AvgIpc) is 2.37. The van der Waals surface area contributed by atoms with Crippen LogP contribution < -0.4 is 15.8 Å². The number of hydrogen-bond donors (Lipinski definition) is 2. The lowest BCUT2D eigenvalue weighted by molar-refractivity contribution is -0.117. The largest absolute Gasteiger partial charge is 0.497 e. The Balaban J connectivity index is 1.93. The molecule has 0 bridgehead atoms. The number of fused-ring (bicyclic) bond motifs is 1. The van der Waals surface area contributed by atoms with Gasteiger partial charge in [0, 0.05) is 19.0 Å². The quantitative estimate of drug-likeness (QED) is 0.817. The molecule has 1 unspecified atom stereocenters.